The number of hydrogen-bond donors (Lipinski definition) is 3. The molecule has 4 aromatic carbocycles. The van der Waals surface area contributed by atoms with Crippen LogP contribution < -0.4 is 10.4 Å². The summed E-state index contributed by atoms with van der Waals surface area (Å²) >= 11 is 0. The monoisotopic (exact) mass is 891 g/mol. The molecule has 15 heteroatoms. The number of aromatic nitrogens is 1. The third kappa shape index (κ3) is 7.95. The first-order valence-corrected chi connectivity index (χ1v) is 23.1. The van der Waals surface area contributed by atoms with Crippen molar-refractivity contribution in [3.8, 4) is 0 Å². The average Bonchev–Trinajstić information content (AvgIpc) is 3.47. The van der Waals surface area contributed by atoms with Crippen LogP contribution in [0.2, 0.25) is 5.04 Å². The fourth-order valence-corrected chi connectivity index (χ4v) is 15.6. The highest BCUT2D eigenvalue weighted by Crippen LogP contribution is 2.49. The summed E-state index contributed by atoms with van der Waals surface area (Å²) in [5, 5.41) is 35.3. The lowest BCUT2D eigenvalue weighted by Crippen LogP contribution is -2.76. The predicted molar refractivity (Wildman–Crippen MR) is 233 cm³/mol. The number of alkyl halides is 2. The molecule has 63 heavy (non-hydrogen) atoms. The van der Waals surface area contributed by atoms with Gasteiger partial charge in [0.15, 0.2) is 8.07 Å². The summed E-state index contributed by atoms with van der Waals surface area (Å²) in [4.78, 5) is 28.3. The summed E-state index contributed by atoms with van der Waals surface area (Å²) in [6.07, 6.45) is -2.31. The Labute approximate surface area is 364 Å². The van der Waals surface area contributed by atoms with E-state index in [9.17, 15) is 29.3 Å². The number of amides is 1. The maximum atomic E-state index is 17.8. The number of rotatable bonds is 9. The van der Waals surface area contributed by atoms with Gasteiger partial charge in [-0.15, -0.1) is 0 Å². The minimum absolute atomic E-state index is 0.00745. The third-order valence-electron chi connectivity index (χ3n) is 13.0. The minimum atomic E-state index is -4.00. The van der Waals surface area contributed by atoms with E-state index in [1.807, 2.05) is 0 Å². The number of carbonyl (C=O) groups is 2. The third-order valence-corrected chi connectivity index (χ3v) is 19.1. The Kier molecular flexibility index (Phi) is 11.8. The van der Waals surface area contributed by atoms with Crippen LogP contribution in [0.25, 0.3) is 10.9 Å². The Hall–Kier alpha value is -5.09. The minimum Gasteiger partial charge on any atom is -0.464 e. The van der Waals surface area contributed by atoms with Gasteiger partial charge in [0.25, 0.3) is 5.92 Å². The number of nitrogens with zero attached hydrogens (tertiary/aromatic N) is 3. The van der Waals surface area contributed by atoms with Gasteiger partial charge in [-0.2, -0.15) is 0 Å². The molecular formula is C48H54F5N3O6Si. The smallest absolute Gasteiger partial charge is 0.416 e. The van der Waals surface area contributed by atoms with E-state index >= 15 is 17.6 Å². The van der Waals surface area contributed by atoms with Crippen molar-refractivity contribution in [3.63, 3.8) is 0 Å². The molecular weight excluding hydrogens is 838 g/mol. The highest BCUT2D eigenvalue weighted by Gasteiger charge is 2.62. The predicted octanol–water partition coefficient (Wildman–Crippen LogP) is 8.59. The van der Waals surface area contributed by atoms with Crippen LogP contribution in [0.4, 0.5) is 31.5 Å². The largest absolute Gasteiger partial charge is 0.464 e. The van der Waals surface area contributed by atoms with E-state index in [1.165, 1.54) is 17.9 Å². The molecule has 7 rings (SSSR count). The molecule has 0 spiro atoms. The molecule has 5 aromatic rings. The van der Waals surface area contributed by atoms with Crippen LogP contribution in [-0.2, 0) is 16.8 Å². The number of ether oxygens (including phenoxy) is 1. The molecule has 1 fully saturated rings. The van der Waals surface area contributed by atoms with Gasteiger partial charge in [-0.1, -0.05) is 91.8 Å². The van der Waals surface area contributed by atoms with E-state index in [0.717, 1.165) is 33.7 Å². The fraction of sp³-hybridized carbons (Fsp3) is 0.417. The Bertz CT molecular complexity index is 2470. The van der Waals surface area contributed by atoms with Gasteiger partial charge in [-0.25, -0.2) is 36.1 Å². The molecule has 0 bridgehead atoms. The fourth-order valence-electron chi connectivity index (χ4n) is 9.92. The van der Waals surface area contributed by atoms with Crippen molar-refractivity contribution in [2.45, 2.75) is 102 Å². The highest BCUT2D eigenvalue weighted by molar-refractivity contribution is 7.05. The molecule has 0 aliphatic carbocycles. The summed E-state index contributed by atoms with van der Waals surface area (Å²) in [5.41, 5.74) is -5.99. The number of likely N-dealkylation sites (tertiary alicyclic amines) is 1. The number of aliphatic hydroxyl groups excluding tert-OH is 1. The van der Waals surface area contributed by atoms with Crippen molar-refractivity contribution in [1.29, 1.82) is 0 Å². The molecule has 2 aliphatic rings. The van der Waals surface area contributed by atoms with Crippen LogP contribution in [0.1, 0.15) is 83.8 Å². The summed E-state index contributed by atoms with van der Waals surface area (Å²) in [6, 6.07) is 19.7. The van der Waals surface area contributed by atoms with Crippen molar-refractivity contribution >= 4 is 41.5 Å². The lowest BCUT2D eigenvalue weighted by molar-refractivity contribution is -0.108. The molecule has 336 valence electrons. The van der Waals surface area contributed by atoms with Crippen LogP contribution >= 0.6 is 0 Å². The molecule has 1 saturated heterocycles. The zero-order valence-electron chi connectivity index (χ0n) is 36.6. The molecule has 1 aromatic heterocycles. The van der Waals surface area contributed by atoms with Gasteiger partial charge in [0.1, 0.15) is 28.8 Å². The number of halogens is 5. The number of benzene rings is 4. The highest BCUT2D eigenvalue weighted by atomic mass is 28.3. The summed E-state index contributed by atoms with van der Waals surface area (Å²) in [5.74, 6) is -7.88. The molecule has 3 N–H and O–H groups in total. The maximum Gasteiger partial charge on any atom is 0.416 e. The normalized spacial score (nSPS) is 19.3. The van der Waals surface area contributed by atoms with E-state index in [2.05, 4.69) is 0 Å². The number of carboxylic acid groups (broad SMARTS) is 1. The topological polar surface area (TPSA) is 115 Å². The second-order valence-corrected chi connectivity index (χ2v) is 24.1. The Morgan fingerprint density at radius 3 is 1.87 bits per heavy atom. The van der Waals surface area contributed by atoms with Gasteiger partial charge in [0.2, 0.25) is 0 Å². The van der Waals surface area contributed by atoms with Crippen LogP contribution in [0.15, 0.2) is 91.0 Å². The van der Waals surface area contributed by atoms with E-state index in [0.29, 0.717) is 10.4 Å². The van der Waals surface area contributed by atoms with Crippen molar-refractivity contribution < 1.29 is 51.6 Å². The molecule has 9 nitrogen and oxygen atoms in total. The molecule has 2 aliphatic heterocycles. The van der Waals surface area contributed by atoms with E-state index in [4.69, 9.17) is 4.74 Å². The van der Waals surface area contributed by atoms with E-state index in [1.54, 1.807) is 109 Å². The first kappa shape index (κ1) is 45.9. The average molecular weight is 892 g/mol. The van der Waals surface area contributed by atoms with Crippen LogP contribution in [0.5, 0.6) is 0 Å². The lowest BCUT2D eigenvalue weighted by atomic mass is 9.77. The first-order chi connectivity index (χ1) is 29.3. The van der Waals surface area contributed by atoms with Gasteiger partial charge in [-0.05, 0) is 87.5 Å². The van der Waals surface area contributed by atoms with Gasteiger partial charge in [0, 0.05) is 36.0 Å². The number of aliphatic hydroxyl groups is 2. The molecule has 4 atom stereocenters. The maximum absolute atomic E-state index is 17.8. The van der Waals surface area contributed by atoms with Crippen LogP contribution in [0.3, 0.4) is 0 Å². The summed E-state index contributed by atoms with van der Waals surface area (Å²) < 4.78 is 90.9. The number of fused-ring (bicyclic) bond motifs is 3. The standard InChI is InChI=1S/C48H54F5N3O6Si/c1-28-21-35-34-24-31(49)19-20-38(34)56(43(58)59)40(35)41(39-36(50)22-29(23-37(39)51)47(8,61)30-25-54(26-30)44(60)62-45(2,3)4)55(28)27-48(52,53)42(57)63(46(5,6)7,32-15-11-9-12-16-32)33-17-13-10-14-18-33/h9-20,22-24,28,30,41-42,57,61H,21,25-27H2,1-8H3,(H,58,59)/t28-,41-,42?,47?/m1/s1. The van der Waals surface area contributed by atoms with Gasteiger partial charge in [0.05, 0.1) is 29.4 Å². The Morgan fingerprint density at radius 1 is 0.841 bits per heavy atom. The second kappa shape index (κ2) is 16.2. The van der Waals surface area contributed by atoms with Crippen molar-refractivity contribution in [1.82, 2.24) is 14.4 Å². The first-order valence-electron chi connectivity index (χ1n) is 21.0. The molecule has 0 saturated carbocycles. The van der Waals surface area contributed by atoms with Crippen molar-refractivity contribution in [2.75, 3.05) is 19.6 Å². The molecule has 3 heterocycles. The van der Waals surface area contributed by atoms with Crippen molar-refractivity contribution in [2.24, 2.45) is 5.92 Å². The van der Waals surface area contributed by atoms with Crippen LogP contribution in [-0.4, -0.2) is 92.9 Å². The zero-order valence-corrected chi connectivity index (χ0v) is 37.6. The van der Waals surface area contributed by atoms with Gasteiger partial charge >= 0.3 is 12.2 Å². The van der Waals surface area contributed by atoms with Gasteiger partial charge in [-0.3, -0.25) is 4.90 Å². The lowest BCUT2D eigenvalue weighted by Gasteiger charge is -2.50. The number of carbonyl (C=O) groups excluding carboxylic acids is 1. The summed E-state index contributed by atoms with van der Waals surface area (Å²) in [7, 11) is -3.98. The van der Waals surface area contributed by atoms with Crippen LogP contribution in [0, 0.1) is 23.4 Å². The second-order valence-electron chi connectivity index (χ2n) is 19.3. The zero-order chi connectivity index (χ0) is 46.2. The van der Waals surface area contributed by atoms with Crippen molar-refractivity contribution in [3.05, 3.63) is 131 Å². The van der Waals surface area contributed by atoms with E-state index < -0.39 is 95.7 Å². The quantitative estimate of drug-likeness (QED) is 0.100. The summed E-state index contributed by atoms with van der Waals surface area (Å²) in [6.45, 7) is 12.2. The van der Waals surface area contributed by atoms with E-state index in [-0.39, 0.29) is 47.2 Å². The number of hydrogen-bond acceptors (Lipinski definition) is 6. The molecule has 2 unspecified atom stereocenters. The Balaban J connectivity index is 1.38. The molecule has 0 radical (unpaired) electrons. The Morgan fingerprint density at radius 2 is 1.38 bits per heavy atom. The molecule has 1 amide bonds. The SMILES string of the molecule is C[C@@H]1Cc2c(n(C(=O)O)c3ccc(F)cc23)[C@@H](c2c(F)cc(C(C)(O)C3CN(C(=O)OC(C)(C)C)C3)cc2F)N1CC(F)(F)C(O)[Si](c1ccccc1)(c1ccccc1)C(C)(C)C. The van der Waals surface area contributed by atoms with Gasteiger partial charge < -0.3 is 25.0 Å².